The fourth-order valence-electron chi connectivity index (χ4n) is 20.0. The summed E-state index contributed by atoms with van der Waals surface area (Å²) in [4.78, 5) is 58.5. The van der Waals surface area contributed by atoms with Crippen LogP contribution in [0.2, 0.25) is 25.1 Å². The van der Waals surface area contributed by atoms with Gasteiger partial charge in [0.15, 0.2) is 0 Å². The van der Waals surface area contributed by atoms with E-state index in [2.05, 4.69) is 142 Å². The van der Waals surface area contributed by atoms with Gasteiger partial charge < -0.3 is 36.0 Å². The smallest absolute Gasteiger partial charge is 0.202 e. The molecule has 5 saturated heterocycles. The van der Waals surface area contributed by atoms with Crippen molar-refractivity contribution in [1.82, 2.24) is 101 Å². The second-order valence-electron chi connectivity index (χ2n) is 37.4. The first-order chi connectivity index (χ1) is 62.6. The molecule has 9 N–H and O–H groups in total. The lowest BCUT2D eigenvalue weighted by atomic mass is 9.71. The number of anilines is 5. The summed E-state index contributed by atoms with van der Waals surface area (Å²) in [6.07, 6.45) is 30.6. The topological polar surface area (TPSA) is 341 Å². The van der Waals surface area contributed by atoms with Gasteiger partial charge in [-0.25, -0.2) is 49.8 Å². The molecule has 22 rings (SSSR count). The Bertz CT molecular complexity index is 6110. The summed E-state index contributed by atoms with van der Waals surface area (Å²) >= 11 is 31.2. The van der Waals surface area contributed by atoms with Crippen molar-refractivity contribution in [1.29, 1.82) is 0 Å². The van der Waals surface area contributed by atoms with Gasteiger partial charge in [-0.3, -0.25) is 25.5 Å². The van der Waals surface area contributed by atoms with Crippen molar-refractivity contribution < 1.29 is 0 Å². The third-order valence-electron chi connectivity index (χ3n) is 29.5. The first-order valence-corrected chi connectivity index (χ1v) is 47.4. The number of hydrogen-bond acceptors (Lipinski definition) is 22. The van der Waals surface area contributed by atoms with Gasteiger partial charge >= 0.3 is 0 Å². The summed E-state index contributed by atoms with van der Waals surface area (Å²) in [7, 11) is 0. The first kappa shape index (κ1) is 88.8. The average Bonchev–Trinajstić information content (AvgIpc) is 1.66. The minimum Gasteiger partial charge on any atom is -0.355 e. The highest BCUT2D eigenvalue weighted by Gasteiger charge is 2.45. The molecular formula is C97H112Cl5N27. The number of aromatic nitrogens is 20. The molecule has 0 unspecified atom stereocenters. The number of nitrogens with two attached hydrogens (primary N) is 2. The third-order valence-corrected chi connectivity index (χ3v) is 31.0. The summed E-state index contributed by atoms with van der Waals surface area (Å²) < 4.78 is 0. The largest absolute Gasteiger partial charge is 0.355 e. The van der Waals surface area contributed by atoms with E-state index < -0.39 is 0 Å². The lowest BCUT2D eigenvalue weighted by Crippen LogP contribution is -2.42. The average molecular weight is 1830 g/mol. The van der Waals surface area contributed by atoms with Gasteiger partial charge in [-0.2, -0.15) is 25.5 Å². The minimum atomic E-state index is 0.234. The van der Waals surface area contributed by atoms with Crippen molar-refractivity contribution >= 4 is 143 Å². The molecular weight excluding hydrogens is 1720 g/mol. The molecule has 670 valence electrons. The van der Waals surface area contributed by atoms with Crippen molar-refractivity contribution in [3.63, 3.8) is 0 Å². The van der Waals surface area contributed by atoms with Crippen molar-refractivity contribution in [2.24, 2.45) is 50.4 Å². The molecule has 32 heteroatoms. The molecule has 10 aromatic heterocycles. The van der Waals surface area contributed by atoms with E-state index in [1.54, 1.807) is 0 Å². The Kier molecular flexibility index (Phi) is 26.1. The SMILES string of the molecule is CC1(CN)CCN(c2cnc3c(-c4cccc(Cl)c4)[nH]nc3n2)CC1.CC1(CN)CCN(c2cnc3c(-c4ccccc4Cl)[nH]nc3n2)CC1.CCC1(C)CCN(c2cnc3c(-c4cccc(Cl)c4)[nH]nc3n2)CC1.C[C@@H]1CCCC12CCN(c1cnc3c(-c4ccccc4Cl)[nH]nc3n1)CC2.C[C@H]1CCCC12CCN(c1cnc3c(-c4ccccc4Cl)[nH]nc3n1)CC2. The number of benzene rings is 5. The second kappa shape index (κ2) is 38.0. The van der Waals surface area contributed by atoms with Crippen LogP contribution < -0.4 is 36.0 Å². The third kappa shape index (κ3) is 18.9. The van der Waals surface area contributed by atoms with Gasteiger partial charge in [-0.15, -0.1) is 0 Å². The quantitative estimate of drug-likeness (QED) is 0.0564. The molecule has 7 fully saturated rings. The van der Waals surface area contributed by atoms with E-state index in [9.17, 15) is 0 Å². The highest BCUT2D eigenvalue weighted by atomic mass is 35.5. The summed E-state index contributed by atoms with van der Waals surface area (Å²) in [5.74, 6) is 6.23. The Morgan fingerprint density at radius 1 is 0.333 bits per heavy atom. The zero-order valence-corrected chi connectivity index (χ0v) is 77.9. The summed E-state index contributed by atoms with van der Waals surface area (Å²) in [5.41, 5.74) is 29.6. The Labute approximate surface area is 776 Å². The van der Waals surface area contributed by atoms with Gasteiger partial charge in [-0.1, -0.05) is 211 Å². The normalized spacial score (nSPS) is 19.2. The number of H-pyrrole nitrogens is 5. The van der Waals surface area contributed by atoms with Crippen LogP contribution in [-0.2, 0) is 0 Å². The van der Waals surface area contributed by atoms with Gasteiger partial charge in [0, 0.05) is 103 Å². The molecule has 5 aromatic carbocycles. The first-order valence-electron chi connectivity index (χ1n) is 45.5. The van der Waals surface area contributed by atoms with Crippen LogP contribution in [0.4, 0.5) is 29.1 Å². The van der Waals surface area contributed by atoms with E-state index in [-0.39, 0.29) is 10.8 Å². The lowest BCUT2D eigenvalue weighted by molar-refractivity contribution is 0.161. The maximum absolute atomic E-state index is 6.34. The lowest BCUT2D eigenvalue weighted by Gasteiger charge is -2.42. The number of piperidine rings is 5. The summed E-state index contributed by atoms with van der Waals surface area (Å²) in [6.45, 7) is 25.6. The van der Waals surface area contributed by atoms with E-state index in [1.165, 1.54) is 83.5 Å². The number of rotatable bonds is 13. The van der Waals surface area contributed by atoms with Gasteiger partial charge in [0.05, 0.1) is 74.5 Å². The number of aromatic amines is 5. The zero-order chi connectivity index (χ0) is 89.2. The molecule has 15 heterocycles. The molecule has 0 radical (unpaired) electrons. The fourth-order valence-corrected chi connectivity index (χ4v) is 21.1. The Morgan fingerprint density at radius 3 is 0.853 bits per heavy atom. The van der Waals surface area contributed by atoms with Crippen LogP contribution in [0.25, 0.3) is 112 Å². The standard InChI is InChI=1S/2C21H24ClN5.C19H22ClN5.2C18H21ClN6/c2*1-14-5-4-8-21(14)9-11-27(12-10-21)17-13-23-19-18(25-26-20(19)24-17)15-6-2-3-7-16(15)22;1-3-19(2)7-9-25(10-8-19)15-12-21-17-16(23-24-18(17)22-15)13-5-4-6-14(20)11-13;1-18(11-20)5-7-25(8-6-18)14-10-21-16-15(23-24-17(16)22-14)12-3-2-4-13(19)9-12;1-18(11-20)6-8-25(9-7-18)14-10-21-16-15(23-24-17(16)22-14)12-4-2-3-5-13(12)19/h2*2-3,6-7,13-14H,4-5,8-12H2,1H3,(H,24,25,26);4-6,11-12H,3,7-10H2,1-2H3,(H,22,23,24);2-4,9-10H,5-8,11,20H2,1H3,(H,22,23,24);2-5,10H,6-9,11,20H2,1H3,(H,22,23,24)/t2*14-;;;/m10.../s1. The van der Waals surface area contributed by atoms with E-state index in [4.69, 9.17) is 94.4 Å². The van der Waals surface area contributed by atoms with Crippen LogP contribution in [0.1, 0.15) is 151 Å². The number of hydrogen-bond donors (Lipinski definition) is 7. The highest BCUT2D eigenvalue weighted by Crippen LogP contribution is 2.53. The van der Waals surface area contributed by atoms with Crippen LogP contribution in [0.15, 0.2) is 152 Å². The monoisotopic (exact) mass is 1830 g/mol. The number of nitrogens with one attached hydrogen (secondary N) is 5. The molecule has 0 bridgehead atoms. The molecule has 5 aliphatic heterocycles. The molecule has 7 aliphatic rings. The predicted molar refractivity (Wildman–Crippen MR) is 522 cm³/mol. The van der Waals surface area contributed by atoms with Crippen molar-refractivity contribution in [2.45, 2.75) is 151 Å². The Balaban J connectivity index is 0.000000109. The van der Waals surface area contributed by atoms with Gasteiger partial charge in [-0.05, 0) is 172 Å². The van der Waals surface area contributed by atoms with Gasteiger partial charge in [0.25, 0.3) is 0 Å². The summed E-state index contributed by atoms with van der Waals surface area (Å²) in [6, 6.07) is 38.4. The molecule has 2 spiro atoms. The predicted octanol–water partition coefficient (Wildman–Crippen LogP) is 21.3. The molecule has 0 amide bonds. The molecule has 27 nitrogen and oxygen atoms in total. The molecule has 2 saturated carbocycles. The minimum absolute atomic E-state index is 0.234. The number of nitrogens with zero attached hydrogens (tertiary/aromatic N) is 20. The van der Waals surface area contributed by atoms with Crippen molar-refractivity contribution in [3.8, 4) is 56.3 Å². The van der Waals surface area contributed by atoms with Gasteiger partial charge in [0.1, 0.15) is 56.7 Å². The molecule has 129 heavy (non-hydrogen) atoms. The Hall–Kier alpha value is -10.8. The second-order valence-corrected chi connectivity index (χ2v) is 39.5. The number of halogens is 5. The van der Waals surface area contributed by atoms with E-state index in [0.29, 0.717) is 69.6 Å². The molecule has 2 aliphatic carbocycles. The fraction of sp³-hybridized carbons (Fsp3) is 0.433. The Morgan fingerprint density at radius 2 is 0.597 bits per heavy atom. The maximum Gasteiger partial charge on any atom is 0.202 e. The summed E-state index contributed by atoms with van der Waals surface area (Å²) in [5, 5.41) is 40.5. The van der Waals surface area contributed by atoms with Crippen LogP contribution in [0.5, 0.6) is 0 Å². The van der Waals surface area contributed by atoms with E-state index in [1.807, 2.05) is 152 Å². The number of fused-ring (bicyclic) bond motifs is 5. The van der Waals surface area contributed by atoms with Crippen LogP contribution in [0.3, 0.4) is 0 Å². The van der Waals surface area contributed by atoms with E-state index in [0.717, 1.165) is 229 Å². The molecule has 15 aromatic rings. The molecule has 2 atom stereocenters. The highest BCUT2D eigenvalue weighted by molar-refractivity contribution is 6.34. The maximum atomic E-state index is 6.34. The van der Waals surface area contributed by atoms with Crippen molar-refractivity contribution in [3.05, 3.63) is 177 Å². The van der Waals surface area contributed by atoms with Gasteiger partial charge in [0.2, 0.25) is 28.2 Å². The zero-order valence-electron chi connectivity index (χ0n) is 74.1. The van der Waals surface area contributed by atoms with E-state index >= 15 is 0 Å². The van der Waals surface area contributed by atoms with Crippen LogP contribution >= 0.6 is 58.0 Å². The van der Waals surface area contributed by atoms with Crippen molar-refractivity contribution in [2.75, 3.05) is 103 Å². The van der Waals surface area contributed by atoms with Crippen LogP contribution in [-0.4, -0.2) is 179 Å². The van der Waals surface area contributed by atoms with Crippen LogP contribution in [0, 0.1) is 38.9 Å².